The summed E-state index contributed by atoms with van der Waals surface area (Å²) >= 11 is 5.99. The maximum atomic E-state index is 11.2. The third-order valence-corrected chi connectivity index (χ3v) is 4.00. The fraction of sp³-hybridized carbons (Fsp3) is 0.500. The number of halogens is 1. The van der Waals surface area contributed by atoms with E-state index in [1.165, 1.54) is 0 Å². The van der Waals surface area contributed by atoms with Gasteiger partial charge in [-0.25, -0.2) is 0 Å². The van der Waals surface area contributed by atoms with Gasteiger partial charge in [-0.05, 0) is 32.0 Å². The number of hydrogen-bond acceptors (Lipinski definition) is 3. The molecule has 4 nitrogen and oxygen atoms in total. The van der Waals surface area contributed by atoms with E-state index in [9.17, 15) is 9.90 Å². The molecule has 1 aliphatic heterocycles. The van der Waals surface area contributed by atoms with Crippen LogP contribution in [0.3, 0.4) is 0 Å². The van der Waals surface area contributed by atoms with Crippen molar-refractivity contribution in [3.63, 3.8) is 0 Å². The number of benzene rings is 1. The van der Waals surface area contributed by atoms with Crippen molar-refractivity contribution in [2.75, 3.05) is 31.1 Å². The van der Waals surface area contributed by atoms with Crippen LogP contribution in [0.2, 0.25) is 5.02 Å². The minimum absolute atomic E-state index is 0.728. The van der Waals surface area contributed by atoms with Crippen LogP contribution in [0.15, 0.2) is 24.3 Å². The Balaban J connectivity index is 2.02. The van der Waals surface area contributed by atoms with Gasteiger partial charge in [-0.2, -0.15) is 0 Å². The first-order valence-corrected chi connectivity index (χ1v) is 6.78. The molecule has 1 saturated heterocycles. The number of anilines is 1. The highest BCUT2D eigenvalue weighted by molar-refractivity contribution is 6.30. The Hall–Kier alpha value is -1.26. The number of carboxylic acid groups (broad SMARTS) is 1. The first-order chi connectivity index (χ1) is 8.91. The summed E-state index contributed by atoms with van der Waals surface area (Å²) in [7, 11) is 0. The Morgan fingerprint density at radius 1 is 1.26 bits per heavy atom. The van der Waals surface area contributed by atoms with Gasteiger partial charge in [0.2, 0.25) is 0 Å². The van der Waals surface area contributed by atoms with Crippen LogP contribution in [-0.4, -0.2) is 47.7 Å². The van der Waals surface area contributed by atoms with Crippen LogP contribution in [0.1, 0.15) is 13.8 Å². The molecule has 19 heavy (non-hydrogen) atoms. The van der Waals surface area contributed by atoms with Crippen molar-refractivity contribution >= 4 is 23.3 Å². The van der Waals surface area contributed by atoms with Crippen molar-refractivity contribution < 1.29 is 9.90 Å². The molecule has 0 saturated carbocycles. The van der Waals surface area contributed by atoms with Crippen LogP contribution in [0.25, 0.3) is 0 Å². The van der Waals surface area contributed by atoms with Gasteiger partial charge in [0.05, 0.1) is 0 Å². The van der Waals surface area contributed by atoms with Crippen molar-refractivity contribution in [1.29, 1.82) is 0 Å². The molecule has 5 heteroatoms. The number of hydrogen-bond donors (Lipinski definition) is 1. The average Bonchev–Trinajstić information content (AvgIpc) is 2.38. The number of carboxylic acids is 1. The van der Waals surface area contributed by atoms with E-state index in [4.69, 9.17) is 11.6 Å². The molecule has 104 valence electrons. The van der Waals surface area contributed by atoms with E-state index < -0.39 is 11.5 Å². The maximum Gasteiger partial charge on any atom is 0.323 e. The van der Waals surface area contributed by atoms with E-state index in [0.717, 1.165) is 36.9 Å². The lowest BCUT2D eigenvalue weighted by atomic mass is 10.0. The monoisotopic (exact) mass is 282 g/mol. The van der Waals surface area contributed by atoms with Gasteiger partial charge in [-0.3, -0.25) is 9.69 Å². The normalized spacial score (nSPS) is 17.5. The highest BCUT2D eigenvalue weighted by Crippen LogP contribution is 2.23. The summed E-state index contributed by atoms with van der Waals surface area (Å²) in [4.78, 5) is 15.5. The maximum absolute atomic E-state index is 11.2. The largest absolute Gasteiger partial charge is 0.480 e. The van der Waals surface area contributed by atoms with Crippen LogP contribution in [0, 0.1) is 0 Å². The number of rotatable bonds is 3. The highest BCUT2D eigenvalue weighted by Gasteiger charge is 2.36. The lowest BCUT2D eigenvalue weighted by Gasteiger charge is -2.42. The van der Waals surface area contributed by atoms with Gasteiger partial charge in [0, 0.05) is 36.9 Å². The standard InChI is InChI=1S/C14H19ClN2O2/c1-14(2,13(18)19)17-8-6-16(7-9-17)12-5-3-4-11(15)10-12/h3-5,10H,6-9H2,1-2H3,(H,18,19). The van der Waals surface area contributed by atoms with Crippen LogP contribution < -0.4 is 4.90 Å². The smallest absolute Gasteiger partial charge is 0.323 e. The summed E-state index contributed by atoms with van der Waals surface area (Å²) in [6.07, 6.45) is 0. The summed E-state index contributed by atoms with van der Waals surface area (Å²) < 4.78 is 0. The van der Waals surface area contributed by atoms with E-state index in [1.54, 1.807) is 13.8 Å². The van der Waals surface area contributed by atoms with Gasteiger partial charge in [-0.15, -0.1) is 0 Å². The minimum atomic E-state index is -0.805. The Bertz CT molecular complexity index is 468. The van der Waals surface area contributed by atoms with Crippen molar-refractivity contribution in [3.05, 3.63) is 29.3 Å². The molecule has 1 fully saturated rings. The molecule has 0 aromatic heterocycles. The molecular formula is C14H19ClN2O2. The zero-order valence-electron chi connectivity index (χ0n) is 11.3. The van der Waals surface area contributed by atoms with Crippen LogP contribution >= 0.6 is 11.6 Å². The highest BCUT2D eigenvalue weighted by atomic mass is 35.5. The van der Waals surface area contributed by atoms with Crippen molar-refractivity contribution in [2.45, 2.75) is 19.4 Å². The lowest BCUT2D eigenvalue weighted by Crippen LogP contribution is -2.58. The third-order valence-electron chi connectivity index (χ3n) is 3.77. The summed E-state index contributed by atoms with van der Waals surface area (Å²) in [5.41, 5.74) is 0.292. The van der Waals surface area contributed by atoms with Crippen LogP contribution in [-0.2, 0) is 4.79 Å². The van der Waals surface area contributed by atoms with Gasteiger partial charge in [0.25, 0.3) is 0 Å². The minimum Gasteiger partial charge on any atom is -0.480 e. The molecule has 0 bridgehead atoms. The summed E-state index contributed by atoms with van der Waals surface area (Å²) in [6.45, 7) is 6.63. The fourth-order valence-electron chi connectivity index (χ4n) is 2.33. The molecule has 1 N–H and O–H groups in total. The Morgan fingerprint density at radius 2 is 1.89 bits per heavy atom. The SMILES string of the molecule is CC(C)(C(=O)O)N1CCN(c2cccc(Cl)c2)CC1. The molecule has 0 atom stereocenters. The van der Waals surface area contributed by atoms with Crippen LogP contribution in [0.4, 0.5) is 5.69 Å². The topological polar surface area (TPSA) is 43.8 Å². The molecular weight excluding hydrogens is 264 g/mol. The van der Waals surface area contributed by atoms with Gasteiger partial charge in [0.1, 0.15) is 5.54 Å². The van der Waals surface area contributed by atoms with Crippen molar-refractivity contribution in [2.24, 2.45) is 0 Å². The van der Waals surface area contributed by atoms with Gasteiger partial charge >= 0.3 is 5.97 Å². The van der Waals surface area contributed by atoms with Crippen LogP contribution in [0.5, 0.6) is 0 Å². The average molecular weight is 283 g/mol. The second-order valence-electron chi connectivity index (χ2n) is 5.32. The molecule has 0 aliphatic carbocycles. The van der Waals surface area contributed by atoms with Crippen molar-refractivity contribution in [1.82, 2.24) is 4.90 Å². The summed E-state index contributed by atoms with van der Waals surface area (Å²) in [5, 5.41) is 9.97. The van der Waals surface area contributed by atoms with Gasteiger partial charge in [0.15, 0.2) is 0 Å². The molecule has 1 aromatic rings. The Morgan fingerprint density at radius 3 is 2.42 bits per heavy atom. The fourth-order valence-corrected chi connectivity index (χ4v) is 2.52. The predicted octanol–water partition coefficient (Wildman–Crippen LogP) is 2.33. The Kier molecular flexibility index (Phi) is 4.02. The van der Waals surface area contributed by atoms with E-state index in [-0.39, 0.29) is 0 Å². The second kappa shape index (κ2) is 5.39. The zero-order chi connectivity index (χ0) is 14.0. The van der Waals surface area contributed by atoms with E-state index in [0.29, 0.717) is 0 Å². The Labute approximate surface area is 118 Å². The quantitative estimate of drug-likeness (QED) is 0.924. The van der Waals surface area contributed by atoms with E-state index >= 15 is 0 Å². The van der Waals surface area contributed by atoms with E-state index in [1.807, 2.05) is 29.2 Å². The summed E-state index contributed by atoms with van der Waals surface area (Å²) in [6, 6.07) is 7.77. The molecule has 1 heterocycles. The predicted molar refractivity (Wildman–Crippen MR) is 77.0 cm³/mol. The number of nitrogens with zero attached hydrogens (tertiary/aromatic N) is 2. The lowest BCUT2D eigenvalue weighted by molar-refractivity contribution is -0.149. The van der Waals surface area contributed by atoms with E-state index in [2.05, 4.69) is 4.90 Å². The molecule has 1 aliphatic rings. The second-order valence-corrected chi connectivity index (χ2v) is 5.75. The zero-order valence-corrected chi connectivity index (χ0v) is 12.0. The number of aliphatic carboxylic acids is 1. The molecule has 0 spiro atoms. The molecule has 0 unspecified atom stereocenters. The van der Waals surface area contributed by atoms with Crippen molar-refractivity contribution in [3.8, 4) is 0 Å². The first kappa shape index (κ1) is 14.2. The molecule has 0 radical (unpaired) electrons. The molecule has 2 rings (SSSR count). The summed E-state index contributed by atoms with van der Waals surface area (Å²) in [5.74, 6) is -0.774. The molecule has 1 aromatic carbocycles. The molecule has 0 amide bonds. The number of carbonyl (C=O) groups is 1. The first-order valence-electron chi connectivity index (χ1n) is 6.40. The number of piperazine rings is 1. The van der Waals surface area contributed by atoms with Gasteiger partial charge in [-0.1, -0.05) is 17.7 Å². The third kappa shape index (κ3) is 3.01. The van der Waals surface area contributed by atoms with Gasteiger partial charge < -0.3 is 10.0 Å².